The molecule has 80 valence electrons. The van der Waals surface area contributed by atoms with E-state index in [4.69, 9.17) is 0 Å². The number of phenolic OH excluding ortho intramolecular Hbond substituents is 1. The second-order valence-electron chi connectivity index (χ2n) is 3.72. The quantitative estimate of drug-likeness (QED) is 0.715. The van der Waals surface area contributed by atoms with E-state index in [-0.39, 0.29) is 0 Å². The second kappa shape index (κ2) is 3.68. The van der Waals surface area contributed by atoms with Crippen LogP contribution >= 0.6 is 11.5 Å². The van der Waals surface area contributed by atoms with Crippen LogP contribution in [0.3, 0.4) is 0 Å². The van der Waals surface area contributed by atoms with Crippen molar-refractivity contribution in [2.75, 3.05) is 0 Å². The standard InChI is InChI=1S/C13H11NOS/c15-12-7-3-1-5-10(12)9-14-11-6-2-4-8-13(11)16-14/h1-8,15H,9H2. The van der Waals surface area contributed by atoms with Crippen molar-refractivity contribution in [2.45, 2.75) is 6.54 Å². The average Bonchev–Trinajstić information content (AvgIpc) is 2.28. The van der Waals surface area contributed by atoms with Gasteiger partial charge in [0.15, 0.2) is 0 Å². The lowest BCUT2D eigenvalue weighted by atomic mass is 10.2. The minimum Gasteiger partial charge on any atom is -0.508 e. The summed E-state index contributed by atoms with van der Waals surface area (Å²) < 4.78 is 3.49. The molecule has 0 spiro atoms. The van der Waals surface area contributed by atoms with Crippen molar-refractivity contribution >= 4 is 21.7 Å². The molecule has 3 heteroatoms. The Labute approximate surface area is 97.5 Å². The highest BCUT2D eigenvalue weighted by Crippen LogP contribution is 2.27. The molecular weight excluding hydrogens is 218 g/mol. The maximum atomic E-state index is 9.69. The maximum Gasteiger partial charge on any atom is 0.120 e. The molecule has 2 aromatic carbocycles. The number of fused-ring (bicyclic) bond motifs is 1. The number of benzene rings is 2. The van der Waals surface area contributed by atoms with E-state index in [1.54, 1.807) is 17.6 Å². The van der Waals surface area contributed by atoms with E-state index in [1.165, 1.54) is 10.2 Å². The van der Waals surface area contributed by atoms with E-state index in [9.17, 15) is 5.11 Å². The Kier molecular flexibility index (Phi) is 2.18. The van der Waals surface area contributed by atoms with Gasteiger partial charge in [0.25, 0.3) is 0 Å². The molecule has 0 aliphatic heterocycles. The molecule has 16 heavy (non-hydrogen) atoms. The van der Waals surface area contributed by atoms with Crippen molar-refractivity contribution < 1.29 is 5.11 Å². The van der Waals surface area contributed by atoms with Crippen LogP contribution in [0.25, 0.3) is 10.2 Å². The minimum absolute atomic E-state index is 0.368. The predicted molar refractivity (Wildman–Crippen MR) is 67.0 cm³/mol. The second-order valence-corrected chi connectivity index (χ2v) is 4.79. The third-order valence-corrected chi connectivity index (χ3v) is 3.74. The van der Waals surface area contributed by atoms with Crippen molar-refractivity contribution in [3.05, 3.63) is 54.1 Å². The van der Waals surface area contributed by atoms with E-state index >= 15 is 0 Å². The molecule has 0 saturated carbocycles. The van der Waals surface area contributed by atoms with Crippen molar-refractivity contribution in [1.82, 2.24) is 3.96 Å². The van der Waals surface area contributed by atoms with Gasteiger partial charge in [-0.25, -0.2) is 0 Å². The molecule has 0 radical (unpaired) electrons. The summed E-state index contributed by atoms with van der Waals surface area (Å²) in [6, 6.07) is 15.8. The van der Waals surface area contributed by atoms with Gasteiger partial charge in [-0.3, -0.25) is 3.96 Å². The van der Waals surface area contributed by atoms with Crippen molar-refractivity contribution in [3.8, 4) is 5.75 Å². The van der Waals surface area contributed by atoms with Gasteiger partial charge < -0.3 is 5.11 Å². The molecule has 0 fully saturated rings. The summed E-state index contributed by atoms with van der Waals surface area (Å²) in [7, 11) is 0. The van der Waals surface area contributed by atoms with Gasteiger partial charge in [0, 0.05) is 5.56 Å². The van der Waals surface area contributed by atoms with Crippen molar-refractivity contribution in [3.63, 3.8) is 0 Å². The molecule has 0 amide bonds. The van der Waals surface area contributed by atoms with Crippen LogP contribution in [-0.4, -0.2) is 9.06 Å². The number of aromatic nitrogens is 1. The van der Waals surface area contributed by atoms with Crippen LogP contribution in [0.4, 0.5) is 0 Å². The molecule has 3 aromatic rings. The fourth-order valence-corrected chi connectivity index (χ4v) is 2.76. The van der Waals surface area contributed by atoms with Gasteiger partial charge in [-0.15, -0.1) is 0 Å². The molecule has 1 aromatic heterocycles. The number of hydrogen-bond acceptors (Lipinski definition) is 2. The van der Waals surface area contributed by atoms with E-state index in [0.717, 1.165) is 12.1 Å². The lowest BCUT2D eigenvalue weighted by molar-refractivity contribution is 0.467. The summed E-state index contributed by atoms with van der Waals surface area (Å²) in [6.45, 7) is 0.744. The number of para-hydroxylation sites is 2. The topological polar surface area (TPSA) is 25.2 Å². The smallest absolute Gasteiger partial charge is 0.120 e. The number of aromatic hydroxyl groups is 1. The highest BCUT2D eigenvalue weighted by atomic mass is 32.1. The molecule has 0 atom stereocenters. The summed E-state index contributed by atoms with van der Waals surface area (Å²) in [6.07, 6.45) is 0. The molecule has 1 heterocycles. The Morgan fingerprint density at radius 2 is 1.75 bits per heavy atom. The van der Waals surface area contributed by atoms with Gasteiger partial charge in [0.2, 0.25) is 0 Å². The predicted octanol–water partition coefficient (Wildman–Crippen LogP) is 3.46. The van der Waals surface area contributed by atoms with Crippen LogP contribution in [0.2, 0.25) is 0 Å². The van der Waals surface area contributed by atoms with Gasteiger partial charge >= 0.3 is 0 Å². The average molecular weight is 229 g/mol. The Bertz CT molecular complexity index is 623. The highest BCUT2D eigenvalue weighted by molar-refractivity contribution is 7.16. The van der Waals surface area contributed by atoms with Gasteiger partial charge in [0.05, 0.1) is 16.8 Å². The minimum atomic E-state index is 0.368. The molecule has 1 N–H and O–H groups in total. The zero-order chi connectivity index (χ0) is 11.0. The van der Waals surface area contributed by atoms with Crippen molar-refractivity contribution in [2.24, 2.45) is 0 Å². The van der Waals surface area contributed by atoms with Gasteiger partial charge in [-0.1, -0.05) is 41.9 Å². The maximum absolute atomic E-state index is 9.69. The number of nitrogens with zero attached hydrogens (tertiary/aromatic N) is 1. The fourth-order valence-electron chi connectivity index (χ4n) is 1.79. The molecule has 0 aliphatic rings. The first-order valence-electron chi connectivity index (χ1n) is 5.16. The molecule has 0 aliphatic carbocycles. The molecule has 0 bridgehead atoms. The lowest BCUT2D eigenvalue weighted by Gasteiger charge is -2.14. The SMILES string of the molecule is Oc1ccccc1Cn1sc2ccccc21. The van der Waals surface area contributed by atoms with Gasteiger partial charge in [-0.05, 0) is 18.2 Å². The number of rotatable bonds is 2. The van der Waals surface area contributed by atoms with Crippen LogP contribution < -0.4 is 0 Å². The summed E-state index contributed by atoms with van der Waals surface area (Å²) in [4.78, 5) is 0. The van der Waals surface area contributed by atoms with E-state index in [1.807, 2.05) is 30.3 Å². The van der Waals surface area contributed by atoms with E-state index in [2.05, 4.69) is 16.1 Å². The summed E-state index contributed by atoms with van der Waals surface area (Å²) in [5, 5.41) is 9.69. The summed E-state index contributed by atoms with van der Waals surface area (Å²) in [5.74, 6) is 0.368. The molecule has 0 saturated heterocycles. The Morgan fingerprint density at radius 3 is 2.56 bits per heavy atom. The normalized spacial score (nSPS) is 11.0. The first-order chi connectivity index (χ1) is 7.84. The third kappa shape index (κ3) is 1.49. The summed E-state index contributed by atoms with van der Waals surface area (Å²) in [5.41, 5.74) is 2.21. The number of phenols is 1. The van der Waals surface area contributed by atoms with E-state index < -0.39 is 0 Å². The molecule has 2 nitrogen and oxygen atoms in total. The van der Waals surface area contributed by atoms with Crippen LogP contribution in [0, 0.1) is 0 Å². The zero-order valence-electron chi connectivity index (χ0n) is 8.63. The largest absolute Gasteiger partial charge is 0.508 e. The fraction of sp³-hybridized carbons (Fsp3) is 0.0769. The van der Waals surface area contributed by atoms with Gasteiger partial charge in [0.1, 0.15) is 5.75 Å². The Hall–Kier alpha value is -1.74. The Morgan fingerprint density at radius 1 is 1.00 bits per heavy atom. The third-order valence-electron chi connectivity index (χ3n) is 2.65. The zero-order valence-corrected chi connectivity index (χ0v) is 9.45. The summed E-state index contributed by atoms with van der Waals surface area (Å²) >= 11 is 1.72. The van der Waals surface area contributed by atoms with Crippen LogP contribution in [-0.2, 0) is 6.54 Å². The monoisotopic (exact) mass is 229 g/mol. The van der Waals surface area contributed by atoms with Gasteiger partial charge in [-0.2, -0.15) is 0 Å². The first kappa shape index (κ1) is 9.48. The van der Waals surface area contributed by atoms with Crippen LogP contribution in [0.1, 0.15) is 5.56 Å². The molecule has 3 rings (SSSR count). The lowest BCUT2D eigenvalue weighted by Crippen LogP contribution is -2.02. The van der Waals surface area contributed by atoms with E-state index in [0.29, 0.717) is 5.75 Å². The number of hydrogen-bond donors (Lipinski definition) is 1. The molecular formula is C13H11NOS. The van der Waals surface area contributed by atoms with Crippen LogP contribution in [0.5, 0.6) is 5.75 Å². The van der Waals surface area contributed by atoms with Crippen LogP contribution in [0.15, 0.2) is 48.5 Å². The first-order valence-corrected chi connectivity index (χ1v) is 5.93. The Balaban J connectivity index is 1.95. The highest BCUT2D eigenvalue weighted by Gasteiger charge is 2.07. The van der Waals surface area contributed by atoms with Crippen molar-refractivity contribution in [1.29, 1.82) is 0 Å². The molecule has 0 unspecified atom stereocenters.